The van der Waals surface area contributed by atoms with Crippen LogP contribution in [0, 0.1) is 6.92 Å². The quantitative estimate of drug-likeness (QED) is 0.637. The third-order valence-corrected chi connectivity index (χ3v) is 3.74. The summed E-state index contributed by atoms with van der Waals surface area (Å²) in [6.07, 6.45) is -4.44. The monoisotopic (exact) mass is 345 g/mol. The Morgan fingerprint density at radius 2 is 1.96 bits per heavy atom. The molecular weight excluding hydrogens is 331 g/mol. The summed E-state index contributed by atoms with van der Waals surface area (Å²) in [6, 6.07) is 7.43. The smallest absolute Gasteiger partial charge is 0.346 e. The number of rotatable bonds is 5. The highest BCUT2D eigenvalue weighted by Gasteiger charge is 2.27. The van der Waals surface area contributed by atoms with E-state index < -0.39 is 18.6 Å². The van der Waals surface area contributed by atoms with Gasteiger partial charge in [-0.1, -0.05) is 41.6 Å². The lowest BCUT2D eigenvalue weighted by Crippen LogP contribution is -2.34. The molecule has 10 heteroatoms. The molecule has 0 unspecified atom stereocenters. The molecule has 0 saturated heterocycles. The van der Waals surface area contributed by atoms with Gasteiger partial charge in [0.2, 0.25) is 11.1 Å². The van der Waals surface area contributed by atoms with Crippen LogP contribution in [0.4, 0.5) is 13.2 Å². The highest BCUT2D eigenvalue weighted by Crippen LogP contribution is 2.21. The molecule has 1 amide bonds. The molecule has 0 aliphatic carbocycles. The number of nitrogen functional groups attached to an aromatic ring is 1. The molecule has 0 aliphatic heterocycles. The lowest BCUT2D eigenvalue weighted by molar-refractivity contribution is -0.136. The van der Waals surface area contributed by atoms with E-state index in [1.54, 1.807) is 5.32 Å². The van der Waals surface area contributed by atoms with E-state index in [4.69, 9.17) is 5.84 Å². The molecule has 0 saturated carbocycles. The second kappa shape index (κ2) is 6.90. The number of nitrogens with two attached hydrogens (primary N) is 1. The molecule has 1 heterocycles. The van der Waals surface area contributed by atoms with Crippen LogP contribution in [0.15, 0.2) is 29.4 Å². The Labute approximate surface area is 134 Å². The van der Waals surface area contributed by atoms with Gasteiger partial charge in [0.15, 0.2) is 5.82 Å². The van der Waals surface area contributed by atoms with E-state index in [2.05, 4.69) is 10.2 Å². The standard InChI is InChI=1S/C13H14F3N5OS/c1-8-2-4-9(5-3-8)11-19-20-12(21(11)17)23-6-10(22)18-7-13(14,15)16/h2-5H,6-7,17H2,1H3,(H,18,22). The third kappa shape index (κ3) is 4.88. The van der Waals surface area contributed by atoms with Crippen molar-refractivity contribution in [3.8, 4) is 11.4 Å². The highest BCUT2D eigenvalue weighted by atomic mass is 32.2. The van der Waals surface area contributed by atoms with Gasteiger partial charge in [-0.3, -0.25) is 4.79 Å². The number of nitrogens with zero attached hydrogens (tertiary/aromatic N) is 3. The van der Waals surface area contributed by atoms with E-state index in [-0.39, 0.29) is 10.9 Å². The number of nitrogens with one attached hydrogen (secondary N) is 1. The Hall–Kier alpha value is -2.23. The predicted molar refractivity (Wildman–Crippen MR) is 80.1 cm³/mol. The van der Waals surface area contributed by atoms with Crippen molar-refractivity contribution in [2.75, 3.05) is 18.1 Å². The molecule has 0 fully saturated rings. The minimum Gasteiger partial charge on any atom is -0.346 e. The minimum absolute atomic E-state index is 0.237. The number of aryl methyl sites for hydroxylation is 1. The van der Waals surface area contributed by atoms with Crippen LogP contribution in [0.5, 0.6) is 0 Å². The van der Waals surface area contributed by atoms with Crippen LogP contribution in [0.2, 0.25) is 0 Å². The molecule has 0 aliphatic rings. The van der Waals surface area contributed by atoms with Crippen LogP contribution in [0.25, 0.3) is 11.4 Å². The molecular formula is C13H14F3N5OS. The van der Waals surface area contributed by atoms with Crippen LogP contribution in [0.3, 0.4) is 0 Å². The number of halogens is 3. The molecule has 2 rings (SSSR count). The van der Waals surface area contributed by atoms with Crippen LogP contribution in [0.1, 0.15) is 5.56 Å². The van der Waals surface area contributed by atoms with Crippen molar-refractivity contribution in [2.45, 2.75) is 18.3 Å². The zero-order valence-electron chi connectivity index (χ0n) is 12.1. The summed E-state index contributed by atoms with van der Waals surface area (Å²) in [5.74, 6) is 5.27. The number of aromatic nitrogens is 3. The van der Waals surface area contributed by atoms with Gasteiger partial charge >= 0.3 is 6.18 Å². The highest BCUT2D eigenvalue weighted by molar-refractivity contribution is 7.99. The number of carbonyl (C=O) groups excluding carboxylic acids is 1. The Morgan fingerprint density at radius 3 is 2.57 bits per heavy atom. The molecule has 0 atom stereocenters. The fourth-order valence-electron chi connectivity index (χ4n) is 1.65. The summed E-state index contributed by atoms with van der Waals surface area (Å²) >= 11 is 0.909. The Morgan fingerprint density at radius 1 is 1.30 bits per heavy atom. The summed E-state index contributed by atoms with van der Waals surface area (Å²) < 4.78 is 37.2. The molecule has 1 aromatic carbocycles. The fourth-order valence-corrected chi connectivity index (χ4v) is 2.34. The van der Waals surface area contributed by atoms with Gasteiger partial charge in [-0.25, -0.2) is 4.68 Å². The van der Waals surface area contributed by atoms with Gasteiger partial charge in [-0.05, 0) is 6.92 Å². The second-order valence-corrected chi connectivity index (χ2v) is 5.67. The van der Waals surface area contributed by atoms with Gasteiger partial charge < -0.3 is 11.2 Å². The first-order valence-corrected chi connectivity index (χ1v) is 7.48. The molecule has 3 N–H and O–H groups in total. The molecule has 6 nitrogen and oxygen atoms in total. The van der Waals surface area contributed by atoms with Crippen molar-refractivity contribution in [3.63, 3.8) is 0 Å². The normalized spacial score (nSPS) is 11.5. The van der Waals surface area contributed by atoms with Crippen LogP contribution in [-0.2, 0) is 4.79 Å². The maximum atomic E-state index is 12.0. The first kappa shape index (κ1) is 17.1. The zero-order valence-corrected chi connectivity index (χ0v) is 12.9. The maximum absolute atomic E-state index is 12.0. The molecule has 23 heavy (non-hydrogen) atoms. The van der Waals surface area contributed by atoms with E-state index >= 15 is 0 Å². The molecule has 0 radical (unpaired) electrons. The third-order valence-electron chi connectivity index (χ3n) is 2.79. The first-order valence-electron chi connectivity index (χ1n) is 6.50. The topological polar surface area (TPSA) is 85.8 Å². The first-order chi connectivity index (χ1) is 10.8. The van der Waals surface area contributed by atoms with Gasteiger partial charge in [-0.2, -0.15) is 13.2 Å². The predicted octanol–water partition coefficient (Wildman–Crippen LogP) is 1.74. The number of thioether (sulfide) groups is 1. The van der Waals surface area contributed by atoms with Crippen molar-refractivity contribution >= 4 is 17.7 Å². The van der Waals surface area contributed by atoms with Crippen molar-refractivity contribution in [1.82, 2.24) is 20.2 Å². The van der Waals surface area contributed by atoms with Crippen molar-refractivity contribution in [2.24, 2.45) is 0 Å². The SMILES string of the molecule is Cc1ccc(-c2nnc(SCC(=O)NCC(F)(F)F)n2N)cc1. The number of hydrogen-bond donors (Lipinski definition) is 2. The number of benzene rings is 1. The van der Waals surface area contributed by atoms with E-state index in [0.717, 1.165) is 22.9 Å². The number of amides is 1. The summed E-state index contributed by atoms with van der Waals surface area (Å²) in [7, 11) is 0. The van der Waals surface area contributed by atoms with Crippen LogP contribution >= 0.6 is 11.8 Å². The van der Waals surface area contributed by atoms with Crippen LogP contribution in [-0.4, -0.2) is 39.3 Å². The molecule has 2 aromatic rings. The molecule has 124 valence electrons. The van der Waals surface area contributed by atoms with E-state index in [1.165, 1.54) is 4.68 Å². The zero-order chi connectivity index (χ0) is 17.0. The average molecular weight is 345 g/mol. The van der Waals surface area contributed by atoms with Crippen LogP contribution < -0.4 is 11.2 Å². The minimum atomic E-state index is -4.44. The van der Waals surface area contributed by atoms with Gasteiger partial charge in [-0.15, -0.1) is 10.2 Å². The molecule has 0 spiro atoms. The van der Waals surface area contributed by atoms with Crippen molar-refractivity contribution in [1.29, 1.82) is 0 Å². The van der Waals surface area contributed by atoms with Gasteiger partial charge in [0.1, 0.15) is 6.54 Å². The molecule has 1 aromatic heterocycles. The second-order valence-electron chi connectivity index (χ2n) is 4.72. The lowest BCUT2D eigenvalue weighted by atomic mass is 10.1. The summed E-state index contributed by atoms with van der Waals surface area (Å²) in [6.45, 7) is 0.577. The summed E-state index contributed by atoms with van der Waals surface area (Å²) in [4.78, 5) is 11.4. The van der Waals surface area contributed by atoms with E-state index in [1.807, 2.05) is 31.2 Å². The molecule has 0 bridgehead atoms. The van der Waals surface area contributed by atoms with Crippen molar-refractivity contribution in [3.05, 3.63) is 29.8 Å². The van der Waals surface area contributed by atoms with Gasteiger partial charge in [0, 0.05) is 5.56 Å². The van der Waals surface area contributed by atoms with E-state index in [9.17, 15) is 18.0 Å². The van der Waals surface area contributed by atoms with Gasteiger partial charge in [0.25, 0.3) is 0 Å². The van der Waals surface area contributed by atoms with E-state index in [0.29, 0.717) is 5.82 Å². The summed E-state index contributed by atoms with van der Waals surface area (Å²) in [5, 5.41) is 9.79. The van der Waals surface area contributed by atoms with Crippen molar-refractivity contribution < 1.29 is 18.0 Å². The maximum Gasteiger partial charge on any atom is 0.405 e. The summed E-state index contributed by atoms with van der Waals surface area (Å²) in [5.41, 5.74) is 1.83. The fraction of sp³-hybridized carbons (Fsp3) is 0.308. The number of alkyl halides is 3. The Balaban J connectivity index is 1.97. The Kier molecular flexibility index (Phi) is 5.14. The Bertz CT molecular complexity index is 684. The lowest BCUT2D eigenvalue weighted by Gasteiger charge is -2.08. The number of hydrogen-bond acceptors (Lipinski definition) is 5. The largest absolute Gasteiger partial charge is 0.405 e. The van der Waals surface area contributed by atoms with Gasteiger partial charge in [0.05, 0.1) is 5.75 Å². The number of carbonyl (C=O) groups is 1. The average Bonchev–Trinajstić information content (AvgIpc) is 2.84.